The van der Waals surface area contributed by atoms with Crippen molar-refractivity contribution in [3.05, 3.63) is 144 Å². The van der Waals surface area contributed by atoms with Gasteiger partial charge in [0, 0.05) is 6.54 Å². The van der Waals surface area contributed by atoms with Crippen molar-refractivity contribution < 1.29 is 18.9 Å². The lowest BCUT2D eigenvalue weighted by Gasteiger charge is -2.48. The molecule has 0 spiro atoms. The Balaban J connectivity index is 1.41. The van der Waals surface area contributed by atoms with Crippen LogP contribution in [0, 0.1) is 0 Å². The summed E-state index contributed by atoms with van der Waals surface area (Å²) in [6.45, 7) is 6.62. The average molecular weight is 594 g/mol. The summed E-state index contributed by atoms with van der Waals surface area (Å²) in [5.41, 5.74) is 4.60. The minimum atomic E-state index is -0.268. The average Bonchev–Trinajstić information content (AvgIpc) is 3.08. The van der Waals surface area contributed by atoms with Crippen molar-refractivity contribution in [2.75, 3.05) is 19.7 Å². The molecule has 5 rings (SSSR count). The lowest BCUT2D eigenvalue weighted by Crippen LogP contribution is -2.64. The molecule has 1 fully saturated rings. The van der Waals surface area contributed by atoms with E-state index in [1.54, 1.807) is 0 Å². The molecule has 0 bridgehead atoms. The number of nitrogens with zero attached hydrogens (tertiary/aromatic N) is 1. The van der Waals surface area contributed by atoms with Gasteiger partial charge in [0.1, 0.15) is 12.2 Å². The molecule has 1 heterocycles. The van der Waals surface area contributed by atoms with E-state index in [0.717, 1.165) is 36.2 Å². The van der Waals surface area contributed by atoms with Gasteiger partial charge < -0.3 is 18.9 Å². The highest BCUT2D eigenvalue weighted by atomic mass is 16.6. The first-order chi connectivity index (χ1) is 21.8. The maximum Gasteiger partial charge on any atom is 0.113 e. The first-order valence-electron chi connectivity index (χ1n) is 16.1. The largest absolute Gasteiger partial charge is 0.375 e. The Labute approximate surface area is 263 Å². The van der Waals surface area contributed by atoms with Crippen LogP contribution in [0.4, 0.5) is 0 Å². The molecule has 0 saturated carbocycles. The van der Waals surface area contributed by atoms with E-state index >= 15 is 0 Å². The van der Waals surface area contributed by atoms with E-state index in [1.165, 1.54) is 18.4 Å². The van der Waals surface area contributed by atoms with Gasteiger partial charge in [-0.1, -0.05) is 141 Å². The number of hydrogen-bond acceptors (Lipinski definition) is 5. The Morgan fingerprint density at radius 2 is 1.00 bits per heavy atom. The predicted octanol–water partition coefficient (Wildman–Crippen LogP) is 7.83. The Morgan fingerprint density at radius 3 is 1.50 bits per heavy atom. The second-order valence-electron chi connectivity index (χ2n) is 11.6. The normalized spacial score (nSPS) is 20.5. The van der Waals surface area contributed by atoms with Gasteiger partial charge in [-0.25, -0.2) is 0 Å². The SMILES string of the molecule is CCCCCN1C[C@H](OCc2ccccc2)[C@@H](OCc2ccccc2)[C@H](OCc2ccccc2)[C@@H]1COCc1ccccc1. The highest BCUT2D eigenvalue weighted by Gasteiger charge is 2.46. The number of likely N-dealkylation sites (tertiary alicyclic amines) is 1. The maximum absolute atomic E-state index is 6.88. The third-order valence-corrected chi connectivity index (χ3v) is 8.28. The molecule has 0 N–H and O–H groups in total. The van der Waals surface area contributed by atoms with Crippen molar-refractivity contribution in [2.24, 2.45) is 0 Å². The summed E-state index contributed by atoms with van der Waals surface area (Å²) in [5.74, 6) is 0. The topological polar surface area (TPSA) is 40.2 Å². The summed E-state index contributed by atoms with van der Waals surface area (Å²) in [5, 5.41) is 0. The van der Waals surface area contributed by atoms with Crippen LogP contribution >= 0.6 is 0 Å². The van der Waals surface area contributed by atoms with Crippen LogP contribution in [0.1, 0.15) is 48.4 Å². The molecule has 0 radical (unpaired) electrons. The summed E-state index contributed by atoms with van der Waals surface area (Å²) in [4.78, 5) is 2.54. The molecule has 1 saturated heterocycles. The second-order valence-corrected chi connectivity index (χ2v) is 11.6. The number of ether oxygens (including phenoxy) is 4. The number of piperidine rings is 1. The van der Waals surface area contributed by atoms with Gasteiger partial charge >= 0.3 is 0 Å². The van der Waals surface area contributed by atoms with Crippen molar-refractivity contribution in [1.82, 2.24) is 4.90 Å². The Bertz CT molecular complexity index is 1310. The molecular weight excluding hydrogens is 546 g/mol. The van der Waals surface area contributed by atoms with Gasteiger partial charge in [0.2, 0.25) is 0 Å². The van der Waals surface area contributed by atoms with E-state index in [4.69, 9.17) is 18.9 Å². The lowest BCUT2D eigenvalue weighted by molar-refractivity contribution is -0.210. The summed E-state index contributed by atoms with van der Waals surface area (Å²) >= 11 is 0. The number of benzene rings is 4. The highest BCUT2D eigenvalue weighted by molar-refractivity contribution is 5.16. The second kappa shape index (κ2) is 17.8. The molecule has 5 nitrogen and oxygen atoms in total. The fourth-order valence-corrected chi connectivity index (χ4v) is 5.87. The van der Waals surface area contributed by atoms with Crippen LogP contribution in [0.2, 0.25) is 0 Å². The van der Waals surface area contributed by atoms with Crippen LogP contribution in [0.5, 0.6) is 0 Å². The van der Waals surface area contributed by atoms with E-state index in [1.807, 2.05) is 24.3 Å². The van der Waals surface area contributed by atoms with E-state index in [0.29, 0.717) is 33.0 Å². The molecular formula is C39H47NO4. The van der Waals surface area contributed by atoms with Gasteiger partial charge in [-0.05, 0) is 35.2 Å². The van der Waals surface area contributed by atoms with Gasteiger partial charge in [0.25, 0.3) is 0 Å². The third-order valence-electron chi connectivity index (χ3n) is 8.28. The molecule has 0 aliphatic carbocycles. The van der Waals surface area contributed by atoms with Crippen LogP contribution < -0.4 is 0 Å². The molecule has 1 aliphatic rings. The highest BCUT2D eigenvalue weighted by Crippen LogP contribution is 2.29. The summed E-state index contributed by atoms with van der Waals surface area (Å²) in [6.07, 6.45) is 2.81. The molecule has 4 aromatic carbocycles. The Kier molecular flexibility index (Phi) is 13.0. The van der Waals surface area contributed by atoms with Gasteiger partial charge in [0.15, 0.2) is 0 Å². The quantitative estimate of drug-likeness (QED) is 0.117. The lowest BCUT2D eigenvalue weighted by atomic mass is 9.92. The van der Waals surface area contributed by atoms with E-state index < -0.39 is 0 Å². The summed E-state index contributed by atoms with van der Waals surface area (Å²) in [7, 11) is 0. The Hall–Kier alpha value is -3.32. The molecule has 0 amide bonds. The minimum absolute atomic E-state index is 0.0247. The van der Waals surface area contributed by atoms with Gasteiger partial charge in [0.05, 0.1) is 45.2 Å². The van der Waals surface area contributed by atoms with E-state index in [9.17, 15) is 0 Å². The van der Waals surface area contributed by atoms with Gasteiger partial charge in [-0.3, -0.25) is 4.90 Å². The van der Waals surface area contributed by atoms with Crippen molar-refractivity contribution in [3.8, 4) is 0 Å². The predicted molar refractivity (Wildman–Crippen MR) is 176 cm³/mol. The van der Waals surface area contributed by atoms with Crippen LogP contribution in [-0.2, 0) is 45.4 Å². The van der Waals surface area contributed by atoms with Crippen LogP contribution in [0.3, 0.4) is 0 Å². The molecule has 1 aliphatic heterocycles. The maximum atomic E-state index is 6.88. The summed E-state index contributed by atoms with van der Waals surface area (Å²) < 4.78 is 26.8. The number of rotatable bonds is 17. The van der Waals surface area contributed by atoms with Crippen molar-refractivity contribution in [2.45, 2.75) is 77.0 Å². The minimum Gasteiger partial charge on any atom is -0.375 e. The van der Waals surface area contributed by atoms with E-state index in [-0.39, 0.29) is 24.4 Å². The molecule has 0 unspecified atom stereocenters. The molecule has 4 aromatic rings. The van der Waals surface area contributed by atoms with Gasteiger partial charge in [-0.2, -0.15) is 0 Å². The zero-order valence-corrected chi connectivity index (χ0v) is 26.0. The standard InChI is InChI=1S/C39H47NO4/c1-2-3-16-25-40-26-37(42-28-33-19-10-5-11-20-33)39(44-30-35-23-14-7-15-24-35)38(43-29-34-21-12-6-13-22-34)36(40)31-41-27-32-17-8-4-9-18-32/h4-15,17-24,36-39H,2-3,16,25-31H2,1H3/t36-,37-,38+,39+/m0/s1. The Morgan fingerprint density at radius 1 is 0.545 bits per heavy atom. The van der Waals surface area contributed by atoms with Crippen LogP contribution in [0.15, 0.2) is 121 Å². The molecule has 232 valence electrons. The van der Waals surface area contributed by atoms with E-state index in [2.05, 4.69) is 109 Å². The fourth-order valence-electron chi connectivity index (χ4n) is 5.87. The third kappa shape index (κ3) is 9.85. The van der Waals surface area contributed by atoms with Crippen LogP contribution in [0.25, 0.3) is 0 Å². The van der Waals surface area contributed by atoms with Crippen LogP contribution in [-0.4, -0.2) is 49.0 Å². The number of unbranched alkanes of at least 4 members (excludes halogenated alkanes) is 2. The number of hydrogen-bond donors (Lipinski definition) is 0. The molecule has 0 aromatic heterocycles. The first-order valence-corrected chi connectivity index (χ1v) is 16.1. The van der Waals surface area contributed by atoms with Crippen molar-refractivity contribution in [1.29, 1.82) is 0 Å². The molecule has 44 heavy (non-hydrogen) atoms. The smallest absolute Gasteiger partial charge is 0.113 e. The summed E-state index contributed by atoms with van der Waals surface area (Å²) in [6, 6.07) is 41.6. The molecule has 4 atom stereocenters. The van der Waals surface area contributed by atoms with Gasteiger partial charge in [-0.15, -0.1) is 0 Å². The zero-order valence-electron chi connectivity index (χ0n) is 26.0. The molecule has 5 heteroatoms. The first kappa shape index (κ1) is 32.1. The fraction of sp³-hybridized carbons (Fsp3) is 0.385. The van der Waals surface area contributed by atoms with Crippen molar-refractivity contribution >= 4 is 0 Å². The van der Waals surface area contributed by atoms with Crippen molar-refractivity contribution in [3.63, 3.8) is 0 Å². The monoisotopic (exact) mass is 593 g/mol. The zero-order chi connectivity index (χ0) is 30.2.